The smallest absolute Gasteiger partial charge is 0.471 e. The van der Waals surface area contributed by atoms with Gasteiger partial charge in [-0.25, -0.2) is 9.37 Å². The summed E-state index contributed by atoms with van der Waals surface area (Å²) in [5.74, 6) is -1.74. The third kappa shape index (κ3) is 6.51. The number of nitrogens with zero attached hydrogens (tertiary/aromatic N) is 5. The van der Waals surface area contributed by atoms with Gasteiger partial charge in [0.1, 0.15) is 23.1 Å². The fraction of sp³-hybridized carbons (Fsp3) is 0.348. The molecule has 37 heavy (non-hydrogen) atoms. The average molecular weight is 522 g/mol. The SMILES string of the molecule is Cn1cc(-c2cnc(O[C@@H]3CCN(C(=O)Cc4ccc(OC(F)(F)F)cc4)C[C@@H]3F)c(C(N)=O)c2)nn1. The molecule has 0 spiro atoms. The van der Waals surface area contributed by atoms with Gasteiger partial charge in [0.15, 0.2) is 6.17 Å². The van der Waals surface area contributed by atoms with E-state index in [-0.39, 0.29) is 37.4 Å². The van der Waals surface area contributed by atoms with E-state index in [9.17, 15) is 27.2 Å². The van der Waals surface area contributed by atoms with Gasteiger partial charge in [-0.3, -0.25) is 14.3 Å². The first kappa shape index (κ1) is 25.9. The van der Waals surface area contributed by atoms with Gasteiger partial charge in [-0.2, -0.15) is 0 Å². The molecule has 0 aliphatic carbocycles. The van der Waals surface area contributed by atoms with Gasteiger partial charge in [-0.05, 0) is 23.8 Å². The molecule has 0 radical (unpaired) electrons. The molecule has 3 heterocycles. The molecule has 2 N–H and O–H groups in total. The minimum Gasteiger partial charge on any atom is -0.471 e. The minimum atomic E-state index is -4.81. The maximum atomic E-state index is 15.0. The number of amides is 2. The van der Waals surface area contributed by atoms with E-state index < -0.39 is 36.2 Å². The number of alkyl halides is 4. The van der Waals surface area contributed by atoms with Crippen molar-refractivity contribution in [1.82, 2.24) is 24.9 Å². The Morgan fingerprint density at radius 2 is 1.95 bits per heavy atom. The van der Waals surface area contributed by atoms with E-state index in [1.165, 1.54) is 34.0 Å². The topological polar surface area (TPSA) is 125 Å². The third-order valence-corrected chi connectivity index (χ3v) is 5.62. The third-order valence-electron chi connectivity index (χ3n) is 5.62. The Kier molecular flexibility index (Phi) is 7.27. The monoisotopic (exact) mass is 522 g/mol. The number of likely N-dealkylation sites (tertiary alicyclic amines) is 1. The Labute approximate surface area is 208 Å². The Bertz CT molecular complexity index is 1280. The van der Waals surface area contributed by atoms with Crippen LogP contribution in [-0.4, -0.2) is 68.4 Å². The van der Waals surface area contributed by atoms with Gasteiger partial charge < -0.3 is 20.1 Å². The maximum Gasteiger partial charge on any atom is 0.573 e. The lowest BCUT2D eigenvalue weighted by atomic mass is 10.0. The Hall–Kier alpha value is -4.23. The molecule has 1 fully saturated rings. The number of benzene rings is 1. The van der Waals surface area contributed by atoms with Crippen LogP contribution in [0.3, 0.4) is 0 Å². The Morgan fingerprint density at radius 1 is 1.22 bits per heavy atom. The number of aryl methyl sites for hydroxylation is 1. The van der Waals surface area contributed by atoms with Crippen molar-refractivity contribution >= 4 is 11.8 Å². The molecule has 0 unspecified atom stereocenters. The maximum absolute atomic E-state index is 15.0. The summed E-state index contributed by atoms with van der Waals surface area (Å²) < 4.78 is 62.8. The van der Waals surface area contributed by atoms with E-state index >= 15 is 0 Å². The molecule has 14 heteroatoms. The predicted molar refractivity (Wildman–Crippen MR) is 120 cm³/mol. The molecule has 2 amide bonds. The summed E-state index contributed by atoms with van der Waals surface area (Å²) in [7, 11) is 1.68. The molecule has 1 saturated heterocycles. The molecule has 0 bridgehead atoms. The van der Waals surface area contributed by atoms with Gasteiger partial charge in [0, 0.05) is 31.8 Å². The molecule has 1 aromatic carbocycles. The highest BCUT2D eigenvalue weighted by Gasteiger charge is 2.34. The number of pyridine rings is 1. The predicted octanol–water partition coefficient (Wildman–Crippen LogP) is 2.44. The van der Waals surface area contributed by atoms with Crippen LogP contribution in [0.25, 0.3) is 11.3 Å². The second-order valence-electron chi connectivity index (χ2n) is 8.39. The number of hydrogen-bond acceptors (Lipinski definition) is 7. The number of hydrogen-bond donors (Lipinski definition) is 1. The number of nitrogens with two attached hydrogens (primary N) is 1. The number of piperidine rings is 1. The van der Waals surface area contributed by atoms with Crippen molar-refractivity contribution in [1.29, 1.82) is 0 Å². The molecular formula is C23H22F4N6O4. The van der Waals surface area contributed by atoms with Gasteiger partial charge in [0.05, 0.1) is 19.2 Å². The van der Waals surface area contributed by atoms with Crippen LogP contribution in [0, 0.1) is 0 Å². The van der Waals surface area contributed by atoms with Crippen molar-refractivity contribution in [2.24, 2.45) is 12.8 Å². The van der Waals surface area contributed by atoms with Crippen LogP contribution in [0.4, 0.5) is 17.6 Å². The number of ether oxygens (including phenoxy) is 2. The van der Waals surface area contributed by atoms with Gasteiger partial charge in [0.2, 0.25) is 11.8 Å². The molecule has 2 aromatic heterocycles. The summed E-state index contributed by atoms with van der Waals surface area (Å²) >= 11 is 0. The van der Waals surface area contributed by atoms with Gasteiger partial charge in [0.25, 0.3) is 5.91 Å². The lowest BCUT2D eigenvalue weighted by Crippen LogP contribution is -2.49. The fourth-order valence-corrected chi connectivity index (χ4v) is 3.82. The molecule has 196 valence electrons. The highest BCUT2D eigenvalue weighted by Crippen LogP contribution is 2.27. The number of rotatable bonds is 7. The summed E-state index contributed by atoms with van der Waals surface area (Å²) in [5, 5.41) is 7.77. The highest BCUT2D eigenvalue weighted by molar-refractivity contribution is 5.96. The van der Waals surface area contributed by atoms with Crippen molar-refractivity contribution in [3.05, 3.63) is 53.9 Å². The molecule has 1 aliphatic rings. The van der Waals surface area contributed by atoms with Crippen molar-refractivity contribution in [3.63, 3.8) is 0 Å². The lowest BCUT2D eigenvalue weighted by Gasteiger charge is -2.34. The largest absolute Gasteiger partial charge is 0.573 e. The van der Waals surface area contributed by atoms with E-state index in [2.05, 4.69) is 20.0 Å². The van der Waals surface area contributed by atoms with Crippen LogP contribution in [0.5, 0.6) is 11.6 Å². The second-order valence-corrected chi connectivity index (χ2v) is 8.39. The lowest BCUT2D eigenvalue weighted by molar-refractivity contribution is -0.274. The molecule has 2 atom stereocenters. The minimum absolute atomic E-state index is 0.0493. The van der Waals surface area contributed by atoms with E-state index in [0.29, 0.717) is 16.8 Å². The van der Waals surface area contributed by atoms with E-state index in [4.69, 9.17) is 10.5 Å². The van der Waals surface area contributed by atoms with Crippen molar-refractivity contribution in [2.75, 3.05) is 13.1 Å². The van der Waals surface area contributed by atoms with Crippen LogP contribution in [0.15, 0.2) is 42.7 Å². The molecular weight excluding hydrogens is 500 g/mol. The summed E-state index contributed by atoms with van der Waals surface area (Å²) in [5.41, 5.74) is 6.81. The number of aromatic nitrogens is 4. The quantitative estimate of drug-likeness (QED) is 0.473. The summed E-state index contributed by atoms with van der Waals surface area (Å²) in [6.45, 7) is -0.0921. The standard InChI is InChI=1S/C23H22F4N6O4/c1-32-12-18(30-31-32)14-9-16(21(28)35)22(29-10-14)36-19-6-7-33(11-17(19)24)20(34)8-13-2-4-15(5-3-13)37-23(25,26)27/h2-5,9-10,12,17,19H,6-8,11H2,1H3,(H2,28,35)/t17-,19+/m0/s1. The molecule has 4 rings (SSSR count). The van der Waals surface area contributed by atoms with E-state index in [0.717, 1.165) is 12.1 Å². The number of primary amides is 1. The first-order valence-electron chi connectivity index (χ1n) is 11.1. The van der Waals surface area contributed by atoms with Crippen LogP contribution in [-0.2, 0) is 18.3 Å². The van der Waals surface area contributed by atoms with E-state index in [1.807, 2.05) is 0 Å². The number of carbonyl (C=O) groups is 2. The molecule has 3 aromatic rings. The van der Waals surface area contributed by atoms with E-state index in [1.54, 1.807) is 13.2 Å². The highest BCUT2D eigenvalue weighted by atomic mass is 19.4. The van der Waals surface area contributed by atoms with Crippen molar-refractivity contribution < 1.29 is 36.6 Å². The Balaban J connectivity index is 1.37. The van der Waals surface area contributed by atoms with Gasteiger partial charge in [-0.1, -0.05) is 17.3 Å². The molecule has 1 aliphatic heterocycles. The number of carbonyl (C=O) groups excluding carboxylic acids is 2. The summed E-state index contributed by atoms with van der Waals surface area (Å²) in [4.78, 5) is 30.1. The first-order valence-corrected chi connectivity index (χ1v) is 11.1. The summed E-state index contributed by atoms with van der Waals surface area (Å²) in [6.07, 6.45) is -4.34. The molecule has 10 nitrogen and oxygen atoms in total. The normalized spacial score (nSPS) is 17.9. The van der Waals surface area contributed by atoms with Crippen molar-refractivity contribution in [3.8, 4) is 22.9 Å². The van der Waals surface area contributed by atoms with Crippen LogP contribution >= 0.6 is 0 Å². The zero-order chi connectivity index (χ0) is 26.7. The zero-order valence-electron chi connectivity index (χ0n) is 19.5. The first-order chi connectivity index (χ1) is 17.5. The van der Waals surface area contributed by atoms with Crippen molar-refractivity contribution in [2.45, 2.75) is 31.5 Å². The second kappa shape index (κ2) is 10.4. The van der Waals surface area contributed by atoms with Gasteiger partial charge in [-0.15, -0.1) is 18.3 Å². The van der Waals surface area contributed by atoms with Crippen LogP contribution < -0.4 is 15.2 Å². The zero-order valence-corrected chi connectivity index (χ0v) is 19.5. The van der Waals surface area contributed by atoms with Gasteiger partial charge >= 0.3 is 6.36 Å². The Morgan fingerprint density at radius 3 is 2.54 bits per heavy atom. The van der Waals surface area contributed by atoms with Crippen LogP contribution in [0.1, 0.15) is 22.3 Å². The average Bonchev–Trinajstić information content (AvgIpc) is 3.27. The summed E-state index contributed by atoms with van der Waals surface area (Å²) in [6, 6.07) is 6.32. The fourth-order valence-electron chi connectivity index (χ4n) is 3.82. The van der Waals surface area contributed by atoms with Crippen LogP contribution in [0.2, 0.25) is 0 Å². The molecule has 0 saturated carbocycles. The number of halogens is 4.